The third kappa shape index (κ3) is 6.53. The van der Waals surface area contributed by atoms with Gasteiger partial charge in [-0.25, -0.2) is 21.5 Å². The molecule has 0 aromatic heterocycles. The number of fused-ring (bicyclic) bond motifs is 1. The molecule has 0 saturated carbocycles. The highest BCUT2D eigenvalue weighted by Gasteiger charge is 2.47. The van der Waals surface area contributed by atoms with E-state index in [1.54, 1.807) is 18.2 Å². The minimum atomic E-state index is -3.49. The summed E-state index contributed by atoms with van der Waals surface area (Å²) in [6.45, 7) is 5.05. The molecule has 2 aliphatic heterocycles. The van der Waals surface area contributed by atoms with Crippen LogP contribution in [0.25, 0.3) is 0 Å². The molecule has 39 heavy (non-hydrogen) atoms. The number of aliphatic carboxylic acids is 1. The topological polar surface area (TPSA) is 96.4 Å². The number of carboxylic acids is 1. The van der Waals surface area contributed by atoms with Gasteiger partial charge in [0.1, 0.15) is 0 Å². The molecule has 1 saturated heterocycles. The fourth-order valence-electron chi connectivity index (χ4n) is 5.58. The normalized spacial score (nSPS) is 21.1. The molecular weight excluding hydrogens is 530 g/mol. The van der Waals surface area contributed by atoms with Gasteiger partial charge in [-0.15, -0.1) is 0 Å². The molecule has 3 atom stereocenters. The van der Waals surface area contributed by atoms with Crippen LogP contribution in [0.15, 0.2) is 36.4 Å². The summed E-state index contributed by atoms with van der Waals surface area (Å²) >= 11 is 0. The van der Waals surface area contributed by atoms with Crippen molar-refractivity contribution in [3.05, 3.63) is 59.2 Å². The summed E-state index contributed by atoms with van der Waals surface area (Å²) in [5, 5.41) is 10.4. The van der Waals surface area contributed by atoms with Gasteiger partial charge >= 0.3 is 5.97 Å². The van der Waals surface area contributed by atoms with Crippen LogP contribution in [0.4, 0.5) is 8.78 Å². The molecule has 2 aromatic rings. The van der Waals surface area contributed by atoms with Crippen LogP contribution in [0.5, 0.6) is 11.5 Å². The smallest absolute Gasteiger partial charge is 0.309 e. The third-order valence-corrected chi connectivity index (χ3v) is 9.46. The molecule has 2 heterocycles. The Kier molecular flexibility index (Phi) is 9.45. The second-order valence-electron chi connectivity index (χ2n) is 10.1. The van der Waals surface area contributed by atoms with Gasteiger partial charge in [0.15, 0.2) is 23.1 Å². The minimum absolute atomic E-state index is 0.0605. The quantitative estimate of drug-likeness (QED) is 0.349. The zero-order valence-electron chi connectivity index (χ0n) is 22.3. The standard InChI is InChI=1S/C28H36F2N2O6S/c1-3-5-6-14-39(35,36)32(11-4-2)13-12-31-17-21(19-8-10-24-25(16-19)38-18-37-24)26(28(33)34)27(31)20-7-9-22(29)23(30)15-20/h7-10,15-16,21,26-27H,3-6,11-14,17-18H2,1-2H3,(H,33,34)/t21?,26-,27+/m0/s1. The van der Waals surface area contributed by atoms with E-state index in [1.807, 2.05) is 18.7 Å². The van der Waals surface area contributed by atoms with Crippen molar-refractivity contribution in [2.75, 3.05) is 38.7 Å². The summed E-state index contributed by atoms with van der Waals surface area (Å²) in [6, 6.07) is 7.93. The van der Waals surface area contributed by atoms with Gasteiger partial charge in [0.2, 0.25) is 16.8 Å². The largest absolute Gasteiger partial charge is 0.481 e. The van der Waals surface area contributed by atoms with Crippen molar-refractivity contribution < 1.29 is 36.6 Å². The number of nitrogens with zero attached hydrogens (tertiary/aromatic N) is 2. The number of likely N-dealkylation sites (tertiary alicyclic amines) is 1. The number of ether oxygens (including phenoxy) is 2. The van der Waals surface area contributed by atoms with Crippen molar-refractivity contribution in [2.45, 2.75) is 51.5 Å². The molecule has 4 rings (SSSR count). The number of hydrogen-bond acceptors (Lipinski definition) is 6. The van der Waals surface area contributed by atoms with Crippen LogP contribution in [-0.2, 0) is 14.8 Å². The number of sulfonamides is 1. The molecule has 0 amide bonds. The van der Waals surface area contributed by atoms with Crippen LogP contribution in [0.2, 0.25) is 0 Å². The van der Waals surface area contributed by atoms with Gasteiger partial charge in [0, 0.05) is 38.1 Å². The number of halogens is 2. The lowest BCUT2D eigenvalue weighted by atomic mass is 9.82. The van der Waals surface area contributed by atoms with E-state index < -0.39 is 45.5 Å². The van der Waals surface area contributed by atoms with Crippen LogP contribution in [0, 0.1) is 17.6 Å². The summed E-state index contributed by atoms with van der Waals surface area (Å²) in [6.07, 6.45) is 2.94. The molecular formula is C28H36F2N2O6S. The molecule has 0 bridgehead atoms. The number of unbranched alkanes of at least 4 members (excludes halogenated alkanes) is 2. The van der Waals surface area contributed by atoms with Crippen molar-refractivity contribution in [3.8, 4) is 11.5 Å². The van der Waals surface area contributed by atoms with Crippen molar-refractivity contribution in [1.82, 2.24) is 9.21 Å². The van der Waals surface area contributed by atoms with Gasteiger partial charge in [-0.3, -0.25) is 9.69 Å². The van der Waals surface area contributed by atoms with Crippen LogP contribution < -0.4 is 9.47 Å². The Labute approximate surface area is 228 Å². The lowest BCUT2D eigenvalue weighted by Crippen LogP contribution is -2.40. The van der Waals surface area contributed by atoms with Crippen LogP contribution >= 0.6 is 0 Å². The fourth-order valence-corrected chi connectivity index (χ4v) is 7.23. The fraction of sp³-hybridized carbons (Fsp3) is 0.536. The van der Waals surface area contributed by atoms with Crippen molar-refractivity contribution in [1.29, 1.82) is 0 Å². The predicted molar refractivity (Wildman–Crippen MR) is 142 cm³/mol. The molecule has 1 N–H and O–H groups in total. The van der Waals surface area contributed by atoms with E-state index in [9.17, 15) is 27.1 Å². The highest BCUT2D eigenvalue weighted by Crippen LogP contribution is 2.47. The number of carboxylic acid groups (broad SMARTS) is 1. The Morgan fingerprint density at radius 1 is 1.00 bits per heavy atom. The molecule has 0 aliphatic carbocycles. The highest BCUT2D eigenvalue weighted by atomic mass is 32.2. The van der Waals surface area contributed by atoms with E-state index in [0.29, 0.717) is 36.4 Å². The summed E-state index contributed by atoms with van der Waals surface area (Å²) in [4.78, 5) is 14.6. The van der Waals surface area contributed by atoms with Gasteiger partial charge in [-0.05, 0) is 48.2 Å². The monoisotopic (exact) mass is 566 g/mol. The zero-order chi connectivity index (χ0) is 28.2. The maximum Gasteiger partial charge on any atom is 0.309 e. The van der Waals surface area contributed by atoms with Gasteiger partial charge in [-0.2, -0.15) is 0 Å². The van der Waals surface area contributed by atoms with Crippen molar-refractivity contribution in [2.24, 2.45) is 5.92 Å². The van der Waals surface area contributed by atoms with Gasteiger partial charge in [0.05, 0.1) is 11.7 Å². The molecule has 0 radical (unpaired) electrons. The van der Waals surface area contributed by atoms with E-state index in [2.05, 4.69) is 0 Å². The Morgan fingerprint density at radius 3 is 2.44 bits per heavy atom. The first kappa shape index (κ1) is 29.2. The Hall–Kier alpha value is -2.76. The van der Waals surface area contributed by atoms with Gasteiger partial charge in [0.25, 0.3) is 0 Å². The summed E-state index contributed by atoms with van der Waals surface area (Å²) in [5.74, 6) is -3.50. The average Bonchev–Trinajstić information content (AvgIpc) is 3.52. The SMILES string of the molecule is CCCCCS(=O)(=O)N(CCC)CCN1CC(c2ccc3c(c2)OCO3)[C@H](C(=O)O)[C@H]1c1ccc(F)c(F)c1. The molecule has 214 valence electrons. The predicted octanol–water partition coefficient (Wildman–Crippen LogP) is 4.77. The summed E-state index contributed by atoms with van der Waals surface area (Å²) in [5.41, 5.74) is 1.05. The lowest BCUT2D eigenvalue weighted by Gasteiger charge is -2.30. The molecule has 1 fully saturated rings. The zero-order valence-corrected chi connectivity index (χ0v) is 23.1. The van der Waals surface area contributed by atoms with E-state index in [-0.39, 0.29) is 32.2 Å². The van der Waals surface area contributed by atoms with E-state index in [1.165, 1.54) is 10.4 Å². The van der Waals surface area contributed by atoms with E-state index in [0.717, 1.165) is 30.5 Å². The Morgan fingerprint density at radius 2 is 1.74 bits per heavy atom. The molecule has 1 unspecified atom stereocenters. The first-order valence-corrected chi connectivity index (χ1v) is 15.1. The van der Waals surface area contributed by atoms with Crippen molar-refractivity contribution >= 4 is 16.0 Å². The minimum Gasteiger partial charge on any atom is -0.481 e. The lowest BCUT2D eigenvalue weighted by molar-refractivity contribution is -0.143. The maximum atomic E-state index is 14.3. The second kappa shape index (κ2) is 12.6. The first-order chi connectivity index (χ1) is 18.7. The van der Waals surface area contributed by atoms with Crippen LogP contribution in [0.1, 0.15) is 62.6 Å². The molecule has 2 aliphatic rings. The average molecular weight is 567 g/mol. The second-order valence-corrected chi connectivity index (χ2v) is 12.2. The van der Waals surface area contributed by atoms with Gasteiger partial charge < -0.3 is 14.6 Å². The molecule has 2 aromatic carbocycles. The number of rotatable bonds is 13. The molecule has 11 heteroatoms. The van der Waals surface area contributed by atoms with Gasteiger partial charge in [-0.1, -0.05) is 38.8 Å². The molecule has 8 nitrogen and oxygen atoms in total. The van der Waals surface area contributed by atoms with E-state index >= 15 is 0 Å². The van der Waals surface area contributed by atoms with Crippen LogP contribution in [0.3, 0.4) is 0 Å². The molecule has 0 spiro atoms. The Balaban J connectivity index is 1.66. The third-order valence-electron chi connectivity index (χ3n) is 7.50. The Bertz CT molecular complexity index is 1270. The maximum absolute atomic E-state index is 14.3. The highest BCUT2D eigenvalue weighted by molar-refractivity contribution is 7.89. The summed E-state index contributed by atoms with van der Waals surface area (Å²) in [7, 11) is -3.49. The number of carbonyl (C=O) groups is 1. The van der Waals surface area contributed by atoms with E-state index in [4.69, 9.17) is 9.47 Å². The number of benzene rings is 2. The van der Waals surface area contributed by atoms with Crippen LogP contribution in [-0.4, -0.2) is 67.4 Å². The van der Waals surface area contributed by atoms with Crippen molar-refractivity contribution in [3.63, 3.8) is 0 Å². The first-order valence-electron chi connectivity index (χ1n) is 13.5. The number of hydrogen-bond donors (Lipinski definition) is 1. The summed E-state index contributed by atoms with van der Waals surface area (Å²) < 4.78 is 66.7.